The van der Waals surface area contributed by atoms with E-state index in [1.807, 2.05) is 61.5 Å². The summed E-state index contributed by atoms with van der Waals surface area (Å²) >= 11 is 1.44. The van der Waals surface area contributed by atoms with Crippen LogP contribution in [-0.4, -0.2) is 62.7 Å². The van der Waals surface area contributed by atoms with Gasteiger partial charge in [0.25, 0.3) is 11.8 Å². The Balaban J connectivity index is 1.50. The monoisotopic (exact) mass is 547 g/mol. The molecular formula is C30H33N3O5S. The van der Waals surface area contributed by atoms with Crippen LogP contribution in [0, 0.1) is 13.8 Å². The number of carbonyl (C=O) groups excluding carboxylic acids is 3. The van der Waals surface area contributed by atoms with Crippen molar-refractivity contribution < 1.29 is 24.6 Å². The van der Waals surface area contributed by atoms with Crippen molar-refractivity contribution in [1.82, 2.24) is 15.5 Å². The van der Waals surface area contributed by atoms with E-state index in [-0.39, 0.29) is 29.5 Å². The number of carbonyl (C=O) groups is 3. The molecule has 1 aliphatic heterocycles. The highest BCUT2D eigenvalue weighted by molar-refractivity contribution is 7.99. The van der Waals surface area contributed by atoms with E-state index in [2.05, 4.69) is 10.6 Å². The summed E-state index contributed by atoms with van der Waals surface area (Å²) in [6.07, 6.45) is -1.39. The molecule has 0 spiro atoms. The van der Waals surface area contributed by atoms with Crippen molar-refractivity contribution in [3.63, 3.8) is 0 Å². The number of hydrogen-bond acceptors (Lipinski definition) is 6. The van der Waals surface area contributed by atoms with Crippen molar-refractivity contribution in [1.29, 1.82) is 0 Å². The standard InChI is InChI=1S/C30H33N3O5S/c1-19-9-6-7-12-22(19)16-31-29(37)25-17-39-18-33(25)30(38)27(35)24(15-21-10-4-3-5-11-21)32-28(36)23-13-8-14-26(34)20(23)2/h3-14,24-25,27,34-35H,15-18H2,1-2H3,(H,31,37)(H,32,36)/t24-,25?,27-/m0/s1. The average molecular weight is 548 g/mol. The molecule has 1 heterocycles. The predicted molar refractivity (Wildman–Crippen MR) is 151 cm³/mol. The Bertz CT molecular complexity index is 1330. The van der Waals surface area contributed by atoms with E-state index >= 15 is 0 Å². The Morgan fingerprint density at radius 3 is 2.46 bits per heavy atom. The van der Waals surface area contributed by atoms with E-state index in [0.717, 1.165) is 16.7 Å². The number of phenols is 1. The van der Waals surface area contributed by atoms with Gasteiger partial charge in [-0.2, -0.15) is 0 Å². The van der Waals surface area contributed by atoms with E-state index in [1.165, 1.54) is 22.7 Å². The lowest BCUT2D eigenvalue weighted by molar-refractivity contribution is -0.146. The fourth-order valence-corrected chi connectivity index (χ4v) is 5.72. The van der Waals surface area contributed by atoms with Crippen molar-refractivity contribution in [3.8, 4) is 5.75 Å². The molecule has 3 atom stereocenters. The zero-order valence-electron chi connectivity index (χ0n) is 22.0. The molecule has 3 amide bonds. The number of aliphatic hydroxyl groups is 1. The first kappa shape index (κ1) is 28.2. The smallest absolute Gasteiger partial charge is 0.254 e. The number of nitrogens with one attached hydrogen (secondary N) is 2. The highest BCUT2D eigenvalue weighted by atomic mass is 32.2. The van der Waals surface area contributed by atoms with Crippen molar-refractivity contribution in [3.05, 3.63) is 101 Å². The maximum Gasteiger partial charge on any atom is 0.254 e. The van der Waals surface area contributed by atoms with Gasteiger partial charge in [-0.05, 0) is 49.1 Å². The minimum Gasteiger partial charge on any atom is -0.508 e. The number of benzene rings is 3. The van der Waals surface area contributed by atoms with Crippen LogP contribution in [0.25, 0.3) is 0 Å². The Morgan fingerprint density at radius 1 is 1.00 bits per heavy atom. The van der Waals surface area contributed by atoms with Gasteiger partial charge in [0.1, 0.15) is 11.8 Å². The van der Waals surface area contributed by atoms with Crippen molar-refractivity contribution in [2.75, 3.05) is 11.6 Å². The first-order valence-corrected chi connectivity index (χ1v) is 13.9. The molecule has 0 bridgehead atoms. The zero-order valence-corrected chi connectivity index (χ0v) is 22.8. The average Bonchev–Trinajstić information content (AvgIpc) is 3.43. The molecular weight excluding hydrogens is 514 g/mol. The van der Waals surface area contributed by atoms with Gasteiger partial charge < -0.3 is 25.7 Å². The van der Waals surface area contributed by atoms with Gasteiger partial charge in [0, 0.05) is 23.4 Å². The highest BCUT2D eigenvalue weighted by Crippen LogP contribution is 2.24. The lowest BCUT2D eigenvalue weighted by Crippen LogP contribution is -2.56. The van der Waals surface area contributed by atoms with E-state index < -0.39 is 30.0 Å². The van der Waals surface area contributed by atoms with Crippen molar-refractivity contribution in [2.24, 2.45) is 0 Å². The van der Waals surface area contributed by atoms with Crippen LogP contribution < -0.4 is 10.6 Å². The molecule has 1 saturated heterocycles. The second-order valence-electron chi connectivity index (χ2n) is 9.63. The number of aliphatic hydroxyl groups excluding tert-OH is 1. The number of rotatable bonds is 9. The summed E-state index contributed by atoms with van der Waals surface area (Å²) in [6, 6.07) is 19.9. The molecule has 0 saturated carbocycles. The van der Waals surface area contributed by atoms with Gasteiger partial charge in [-0.15, -0.1) is 11.8 Å². The number of aromatic hydroxyl groups is 1. The fourth-order valence-electron chi connectivity index (χ4n) is 4.55. The first-order valence-electron chi connectivity index (χ1n) is 12.8. The van der Waals surface area contributed by atoms with Crippen LogP contribution in [0.1, 0.15) is 32.6 Å². The number of hydrogen-bond donors (Lipinski definition) is 4. The molecule has 39 heavy (non-hydrogen) atoms. The van der Waals surface area contributed by atoms with Gasteiger partial charge in [-0.25, -0.2) is 0 Å². The second kappa shape index (κ2) is 12.8. The van der Waals surface area contributed by atoms with Gasteiger partial charge in [0.15, 0.2) is 6.10 Å². The molecule has 204 valence electrons. The van der Waals surface area contributed by atoms with Gasteiger partial charge in [0.05, 0.1) is 11.9 Å². The molecule has 1 fully saturated rings. The third-order valence-electron chi connectivity index (χ3n) is 6.98. The summed E-state index contributed by atoms with van der Waals surface area (Å²) in [5.74, 6) is -0.772. The van der Waals surface area contributed by atoms with Gasteiger partial charge in [-0.1, -0.05) is 60.7 Å². The molecule has 0 radical (unpaired) electrons. The lowest BCUT2D eigenvalue weighted by atomic mass is 9.98. The van der Waals surface area contributed by atoms with E-state index in [1.54, 1.807) is 19.1 Å². The normalized spacial score (nSPS) is 16.4. The Kier molecular flexibility index (Phi) is 9.27. The van der Waals surface area contributed by atoms with Gasteiger partial charge >= 0.3 is 0 Å². The van der Waals surface area contributed by atoms with Crippen LogP contribution in [0.15, 0.2) is 72.8 Å². The number of nitrogens with zero attached hydrogens (tertiary/aromatic N) is 1. The van der Waals surface area contributed by atoms with Gasteiger partial charge in [-0.3, -0.25) is 14.4 Å². The van der Waals surface area contributed by atoms with Crippen LogP contribution in [0.2, 0.25) is 0 Å². The number of aryl methyl sites for hydroxylation is 1. The van der Waals surface area contributed by atoms with E-state index in [9.17, 15) is 24.6 Å². The molecule has 1 unspecified atom stereocenters. The summed E-state index contributed by atoms with van der Waals surface area (Å²) in [6.45, 7) is 3.94. The van der Waals surface area contributed by atoms with Crippen LogP contribution in [0.4, 0.5) is 0 Å². The third kappa shape index (κ3) is 6.79. The molecule has 3 aromatic carbocycles. The van der Waals surface area contributed by atoms with Gasteiger partial charge in [0.2, 0.25) is 5.91 Å². The van der Waals surface area contributed by atoms with E-state index in [4.69, 9.17) is 0 Å². The minimum absolute atomic E-state index is 0.0208. The van der Waals surface area contributed by atoms with Crippen LogP contribution in [0.3, 0.4) is 0 Å². The fraction of sp³-hybridized carbons (Fsp3) is 0.300. The topological polar surface area (TPSA) is 119 Å². The lowest BCUT2D eigenvalue weighted by Gasteiger charge is -2.30. The molecule has 3 aromatic rings. The number of thioether (sulfide) groups is 1. The minimum atomic E-state index is -1.59. The Labute approximate surface area is 232 Å². The molecule has 4 rings (SSSR count). The summed E-state index contributed by atoms with van der Waals surface area (Å²) in [7, 11) is 0. The molecule has 4 N–H and O–H groups in total. The zero-order chi connectivity index (χ0) is 27.9. The van der Waals surface area contributed by atoms with Crippen molar-refractivity contribution >= 4 is 29.5 Å². The largest absolute Gasteiger partial charge is 0.508 e. The summed E-state index contributed by atoms with van der Waals surface area (Å²) in [5.41, 5.74) is 3.52. The van der Waals surface area contributed by atoms with Crippen LogP contribution in [-0.2, 0) is 22.6 Å². The van der Waals surface area contributed by atoms with Crippen molar-refractivity contribution in [2.45, 2.75) is 45.0 Å². The first-order chi connectivity index (χ1) is 18.8. The summed E-state index contributed by atoms with van der Waals surface area (Å²) in [5, 5.41) is 27.0. The number of phenolic OH excluding ortho intramolecular Hbond substituents is 1. The SMILES string of the molecule is Cc1ccccc1CNC(=O)C1CSCN1C(=O)[C@@H](O)[C@H](Cc1ccccc1)NC(=O)c1cccc(O)c1C. The Morgan fingerprint density at radius 2 is 1.72 bits per heavy atom. The van der Waals surface area contributed by atoms with Crippen LogP contribution >= 0.6 is 11.8 Å². The predicted octanol–water partition coefficient (Wildman–Crippen LogP) is 2.93. The molecule has 1 aliphatic rings. The maximum atomic E-state index is 13.6. The van der Waals surface area contributed by atoms with E-state index in [0.29, 0.717) is 17.9 Å². The van der Waals surface area contributed by atoms with Crippen LogP contribution in [0.5, 0.6) is 5.75 Å². The third-order valence-corrected chi connectivity index (χ3v) is 7.99. The summed E-state index contributed by atoms with van der Waals surface area (Å²) < 4.78 is 0. The molecule has 8 nitrogen and oxygen atoms in total. The highest BCUT2D eigenvalue weighted by Gasteiger charge is 2.40. The number of amides is 3. The maximum absolute atomic E-state index is 13.6. The molecule has 0 aliphatic carbocycles. The Hall–Kier alpha value is -3.82. The summed E-state index contributed by atoms with van der Waals surface area (Å²) in [4.78, 5) is 41.2. The quantitative estimate of drug-likeness (QED) is 0.327. The molecule has 9 heteroatoms. The molecule has 0 aromatic heterocycles. The second-order valence-corrected chi connectivity index (χ2v) is 10.6.